The van der Waals surface area contributed by atoms with E-state index in [9.17, 15) is 10.1 Å². The fourth-order valence-corrected chi connectivity index (χ4v) is 2.88. The largest absolute Gasteiger partial charge is 0.495 e. The number of ether oxygens (including phenoxy) is 2. The monoisotopic (exact) mass is 398 g/mol. The zero-order valence-corrected chi connectivity index (χ0v) is 16.9. The van der Waals surface area contributed by atoms with Gasteiger partial charge in [-0.1, -0.05) is 54.6 Å². The molecule has 0 aromatic heterocycles. The van der Waals surface area contributed by atoms with Crippen LogP contribution in [0.15, 0.2) is 78.4 Å². The van der Waals surface area contributed by atoms with Gasteiger partial charge in [0, 0.05) is 5.56 Å². The molecule has 150 valence electrons. The van der Waals surface area contributed by atoms with Gasteiger partial charge in [-0.2, -0.15) is 5.26 Å². The van der Waals surface area contributed by atoms with Gasteiger partial charge in [0.1, 0.15) is 29.7 Å². The highest BCUT2D eigenvalue weighted by atomic mass is 16.5. The van der Waals surface area contributed by atoms with E-state index in [1.54, 1.807) is 18.2 Å². The van der Waals surface area contributed by atoms with Crippen molar-refractivity contribution in [2.24, 2.45) is 0 Å². The maximum atomic E-state index is 12.7. The second-order valence-corrected chi connectivity index (χ2v) is 6.64. The van der Waals surface area contributed by atoms with Crippen molar-refractivity contribution in [1.82, 2.24) is 0 Å². The number of methoxy groups -OCH3 is 1. The van der Waals surface area contributed by atoms with Gasteiger partial charge in [-0.3, -0.25) is 4.79 Å². The summed E-state index contributed by atoms with van der Waals surface area (Å²) in [5.41, 5.74) is 3.12. The van der Waals surface area contributed by atoms with Gasteiger partial charge in [0.15, 0.2) is 0 Å². The summed E-state index contributed by atoms with van der Waals surface area (Å²) < 4.78 is 11.2. The number of nitriles is 1. The summed E-state index contributed by atoms with van der Waals surface area (Å²) >= 11 is 0. The molecule has 0 aliphatic carbocycles. The van der Waals surface area contributed by atoms with Crippen LogP contribution in [0.3, 0.4) is 0 Å². The average Bonchev–Trinajstić information content (AvgIpc) is 2.77. The number of nitrogens with one attached hydrogen (secondary N) is 1. The molecule has 1 N–H and O–H groups in total. The first-order valence-corrected chi connectivity index (χ1v) is 9.44. The molecule has 0 saturated carbocycles. The third-order valence-corrected chi connectivity index (χ3v) is 4.42. The topological polar surface area (TPSA) is 71.3 Å². The summed E-state index contributed by atoms with van der Waals surface area (Å²) in [4.78, 5) is 12.7. The number of rotatable bonds is 7. The van der Waals surface area contributed by atoms with Gasteiger partial charge in [0.05, 0.1) is 12.8 Å². The molecule has 1 amide bonds. The molecule has 3 aromatic rings. The summed E-state index contributed by atoms with van der Waals surface area (Å²) in [7, 11) is 1.53. The Kier molecular flexibility index (Phi) is 6.86. The predicted molar refractivity (Wildman–Crippen MR) is 117 cm³/mol. The highest BCUT2D eigenvalue weighted by Gasteiger charge is 2.14. The van der Waals surface area contributed by atoms with Crippen molar-refractivity contribution in [2.45, 2.75) is 13.5 Å². The molecule has 30 heavy (non-hydrogen) atoms. The smallest absolute Gasteiger partial charge is 0.266 e. The molecule has 0 spiro atoms. The summed E-state index contributed by atoms with van der Waals surface area (Å²) in [6.07, 6.45) is 1.53. The number of para-hydroxylation sites is 1. The number of amides is 1. The number of hydrogen-bond donors (Lipinski definition) is 1. The number of carbonyl (C=O) groups excluding carboxylic acids is 1. The average molecular weight is 398 g/mol. The lowest BCUT2D eigenvalue weighted by Gasteiger charge is -2.11. The highest BCUT2D eigenvalue weighted by Crippen LogP contribution is 2.27. The van der Waals surface area contributed by atoms with Crippen LogP contribution in [-0.2, 0) is 11.4 Å². The van der Waals surface area contributed by atoms with Gasteiger partial charge in [0.25, 0.3) is 5.91 Å². The first-order chi connectivity index (χ1) is 14.6. The lowest BCUT2D eigenvalue weighted by molar-refractivity contribution is -0.112. The Morgan fingerprint density at radius 3 is 2.50 bits per heavy atom. The van der Waals surface area contributed by atoms with Crippen LogP contribution in [0.4, 0.5) is 5.69 Å². The molecule has 0 bridgehead atoms. The maximum Gasteiger partial charge on any atom is 0.266 e. The SMILES string of the molecule is COc1ccc(C)cc1NC(=O)/C(C#N)=C/c1ccccc1OCc1ccccc1. The number of nitrogens with zero attached hydrogens (tertiary/aromatic N) is 1. The van der Waals surface area contributed by atoms with Crippen molar-refractivity contribution in [1.29, 1.82) is 5.26 Å². The number of carbonyl (C=O) groups is 1. The van der Waals surface area contributed by atoms with Crippen molar-refractivity contribution in [3.05, 3.63) is 95.1 Å². The zero-order valence-electron chi connectivity index (χ0n) is 16.9. The van der Waals surface area contributed by atoms with Gasteiger partial charge in [-0.25, -0.2) is 0 Å². The van der Waals surface area contributed by atoms with E-state index < -0.39 is 5.91 Å². The molecule has 0 aliphatic heterocycles. The molecule has 0 fully saturated rings. The summed E-state index contributed by atoms with van der Waals surface area (Å²) in [6.45, 7) is 2.30. The van der Waals surface area contributed by atoms with E-state index in [1.165, 1.54) is 13.2 Å². The van der Waals surface area contributed by atoms with Crippen molar-refractivity contribution in [3.8, 4) is 17.6 Å². The van der Waals surface area contributed by atoms with Gasteiger partial charge in [-0.05, 0) is 42.3 Å². The second kappa shape index (κ2) is 9.94. The van der Waals surface area contributed by atoms with Crippen LogP contribution in [0.1, 0.15) is 16.7 Å². The molecule has 5 nitrogen and oxygen atoms in total. The van der Waals surface area contributed by atoms with Crippen LogP contribution in [-0.4, -0.2) is 13.0 Å². The normalized spacial score (nSPS) is 10.8. The first-order valence-electron chi connectivity index (χ1n) is 9.44. The van der Waals surface area contributed by atoms with Gasteiger partial charge < -0.3 is 14.8 Å². The van der Waals surface area contributed by atoms with Crippen LogP contribution < -0.4 is 14.8 Å². The standard InChI is InChI=1S/C25H22N2O3/c1-18-12-13-24(29-2)22(14-18)27-25(28)21(16-26)15-20-10-6-7-11-23(20)30-17-19-8-4-3-5-9-19/h3-15H,17H2,1-2H3,(H,27,28)/b21-15+. The summed E-state index contributed by atoms with van der Waals surface area (Å²) in [5.74, 6) is 0.604. The minimum atomic E-state index is -0.515. The molecular weight excluding hydrogens is 376 g/mol. The Hall–Kier alpha value is -4.04. The van der Waals surface area contributed by atoms with E-state index >= 15 is 0 Å². The van der Waals surface area contributed by atoms with Crippen LogP contribution in [0.5, 0.6) is 11.5 Å². The molecule has 0 heterocycles. The number of hydrogen-bond acceptors (Lipinski definition) is 4. The Morgan fingerprint density at radius 1 is 1.03 bits per heavy atom. The minimum absolute atomic E-state index is 0.0330. The molecule has 3 aromatic carbocycles. The Bertz CT molecular complexity index is 1100. The molecule has 0 unspecified atom stereocenters. The molecule has 0 saturated heterocycles. The van der Waals surface area contributed by atoms with Crippen molar-refractivity contribution >= 4 is 17.7 Å². The summed E-state index contributed by atoms with van der Waals surface area (Å²) in [6, 6.07) is 24.5. The molecule has 0 aliphatic rings. The number of benzene rings is 3. The fraction of sp³-hybridized carbons (Fsp3) is 0.120. The van der Waals surface area contributed by atoms with E-state index in [2.05, 4.69) is 5.32 Å². The quantitative estimate of drug-likeness (QED) is 0.442. The van der Waals surface area contributed by atoms with Crippen LogP contribution in [0, 0.1) is 18.3 Å². The number of anilines is 1. The molecular formula is C25H22N2O3. The summed E-state index contributed by atoms with van der Waals surface area (Å²) in [5, 5.41) is 12.3. The molecule has 5 heteroatoms. The molecule has 0 atom stereocenters. The van der Waals surface area contributed by atoms with Crippen molar-refractivity contribution in [2.75, 3.05) is 12.4 Å². The Balaban J connectivity index is 1.81. The van der Waals surface area contributed by atoms with E-state index in [4.69, 9.17) is 9.47 Å². The van der Waals surface area contributed by atoms with Gasteiger partial charge >= 0.3 is 0 Å². The van der Waals surface area contributed by atoms with Gasteiger partial charge in [0.2, 0.25) is 0 Å². The van der Waals surface area contributed by atoms with Crippen LogP contribution >= 0.6 is 0 Å². The van der Waals surface area contributed by atoms with Crippen molar-refractivity contribution in [3.63, 3.8) is 0 Å². The van der Waals surface area contributed by atoms with Crippen LogP contribution in [0.25, 0.3) is 6.08 Å². The third kappa shape index (κ3) is 5.27. The Morgan fingerprint density at radius 2 is 1.77 bits per heavy atom. The van der Waals surface area contributed by atoms with E-state index in [-0.39, 0.29) is 5.57 Å². The fourth-order valence-electron chi connectivity index (χ4n) is 2.88. The zero-order chi connectivity index (χ0) is 21.3. The van der Waals surface area contributed by atoms with E-state index in [0.29, 0.717) is 29.4 Å². The first kappa shape index (κ1) is 20.7. The van der Waals surface area contributed by atoms with Crippen molar-refractivity contribution < 1.29 is 14.3 Å². The maximum absolute atomic E-state index is 12.7. The lowest BCUT2D eigenvalue weighted by atomic mass is 10.1. The predicted octanol–water partition coefficient (Wildman–Crippen LogP) is 5.13. The van der Waals surface area contributed by atoms with E-state index in [1.807, 2.05) is 67.6 Å². The number of aryl methyl sites for hydroxylation is 1. The highest BCUT2D eigenvalue weighted by molar-refractivity contribution is 6.10. The minimum Gasteiger partial charge on any atom is -0.495 e. The lowest BCUT2D eigenvalue weighted by Crippen LogP contribution is -2.14. The third-order valence-electron chi connectivity index (χ3n) is 4.42. The second-order valence-electron chi connectivity index (χ2n) is 6.64. The van der Waals surface area contributed by atoms with Crippen LogP contribution in [0.2, 0.25) is 0 Å². The van der Waals surface area contributed by atoms with Gasteiger partial charge in [-0.15, -0.1) is 0 Å². The Labute approximate surface area is 176 Å². The molecule has 3 rings (SSSR count). The van der Waals surface area contributed by atoms with E-state index in [0.717, 1.165) is 11.1 Å². The molecule has 0 radical (unpaired) electrons.